The molecule has 3 rings (SSSR count). The van der Waals surface area contributed by atoms with E-state index in [4.69, 9.17) is 32.7 Å². The molecule has 0 spiro atoms. The third kappa shape index (κ3) is 6.31. The van der Waals surface area contributed by atoms with Gasteiger partial charge in [0.15, 0.2) is 6.10 Å². The summed E-state index contributed by atoms with van der Waals surface area (Å²) in [4.78, 5) is 12.7. The van der Waals surface area contributed by atoms with E-state index in [-0.39, 0.29) is 26.5 Å². The van der Waals surface area contributed by atoms with E-state index < -0.39 is 16.1 Å². The Morgan fingerprint density at radius 2 is 1.67 bits per heavy atom. The fourth-order valence-corrected chi connectivity index (χ4v) is 4.36. The van der Waals surface area contributed by atoms with E-state index in [9.17, 15) is 13.2 Å². The highest BCUT2D eigenvalue weighted by atomic mass is 35.5. The second-order valence-electron chi connectivity index (χ2n) is 6.91. The molecule has 3 aromatic rings. The van der Waals surface area contributed by atoms with E-state index in [1.54, 1.807) is 43.5 Å². The first-order valence-corrected chi connectivity index (χ1v) is 12.2. The molecule has 10 heteroatoms. The molecular formula is C23H22Cl2N2O5S. The zero-order valence-electron chi connectivity index (χ0n) is 17.8. The van der Waals surface area contributed by atoms with Crippen molar-refractivity contribution in [1.29, 1.82) is 0 Å². The third-order valence-corrected chi connectivity index (χ3v) is 6.81. The Morgan fingerprint density at radius 1 is 1.00 bits per heavy atom. The Kier molecular flexibility index (Phi) is 8.07. The average molecular weight is 509 g/mol. The maximum absolute atomic E-state index is 12.7. The molecule has 0 fully saturated rings. The Labute approximate surface area is 202 Å². The number of ether oxygens (including phenoxy) is 2. The standard InChI is InChI=1S/C23H22Cl2N2O5S/c1-3-21(32-17-7-4-6-16(14-17)31-2)23(28)26-15-10-12-18(13-11-15)33(29,30)27-20-9-5-8-19(24)22(20)25/h4-14,21,27H,3H2,1-2H3,(H,26,28)/t21-/m1/s1. The molecule has 2 N–H and O–H groups in total. The van der Waals surface area contributed by atoms with Gasteiger partial charge in [0, 0.05) is 11.8 Å². The molecule has 0 bridgehead atoms. The SMILES string of the molecule is CC[C@@H](Oc1cccc(OC)c1)C(=O)Nc1ccc(S(=O)(=O)Nc2cccc(Cl)c2Cl)cc1. The number of carbonyl (C=O) groups excluding carboxylic acids is 1. The first kappa shape index (κ1) is 24.7. The van der Waals surface area contributed by atoms with E-state index in [0.717, 1.165) is 0 Å². The van der Waals surface area contributed by atoms with Crippen LogP contribution in [-0.4, -0.2) is 27.5 Å². The van der Waals surface area contributed by atoms with Crippen LogP contribution in [0, 0.1) is 0 Å². The van der Waals surface area contributed by atoms with E-state index in [0.29, 0.717) is 23.6 Å². The maximum atomic E-state index is 12.7. The summed E-state index contributed by atoms with van der Waals surface area (Å²) < 4.78 is 38.7. The number of amides is 1. The summed E-state index contributed by atoms with van der Waals surface area (Å²) in [5, 5.41) is 3.08. The third-order valence-electron chi connectivity index (χ3n) is 4.61. The maximum Gasteiger partial charge on any atom is 0.265 e. The Bertz CT molecular complexity index is 1230. The summed E-state index contributed by atoms with van der Waals surface area (Å²) in [5.74, 6) is 0.760. The van der Waals surface area contributed by atoms with Gasteiger partial charge in [0.2, 0.25) is 0 Å². The van der Waals surface area contributed by atoms with Crippen molar-refractivity contribution in [1.82, 2.24) is 0 Å². The van der Waals surface area contributed by atoms with Crippen molar-refractivity contribution >= 4 is 50.5 Å². The van der Waals surface area contributed by atoms with Crippen LogP contribution in [0.25, 0.3) is 0 Å². The highest BCUT2D eigenvalue weighted by molar-refractivity contribution is 7.92. The summed E-state index contributed by atoms with van der Waals surface area (Å²) in [6.07, 6.45) is -0.313. The van der Waals surface area contributed by atoms with Crippen LogP contribution in [0.2, 0.25) is 10.0 Å². The van der Waals surface area contributed by atoms with Crippen molar-refractivity contribution in [2.75, 3.05) is 17.1 Å². The second kappa shape index (κ2) is 10.8. The van der Waals surface area contributed by atoms with Crippen LogP contribution in [0.5, 0.6) is 11.5 Å². The predicted molar refractivity (Wildman–Crippen MR) is 130 cm³/mol. The predicted octanol–water partition coefficient (Wildman–Crippen LogP) is 5.60. The van der Waals surface area contributed by atoms with Gasteiger partial charge in [-0.15, -0.1) is 0 Å². The molecule has 0 saturated carbocycles. The molecule has 1 amide bonds. The van der Waals surface area contributed by atoms with Gasteiger partial charge in [-0.3, -0.25) is 9.52 Å². The first-order chi connectivity index (χ1) is 15.7. The molecule has 33 heavy (non-hydrogen) atoms. The summed E-state index contributed by atoms with van der Waals surface area (Å²) in [6, 6.07) is 17.3. The van der Waals surface area contributed by atoms with Crippen molar-refractivity contribution in [3.05, 3.63) is 76.8 Å². The lowest BCUT2D eigenvalue weighted by atomic mass is 10.2. The molecule has 0 unspecified atom stereocenters. The number of carbonyl (C=O) groups is 1. The normalized spacial score (nSPS) is 12.0. The highest BCUT2D eigenvalue weighted by Gasteiger charge is 2.20. The summed E-state index contributed by atoms with van der Waals surface area (Å²) in [6.45, 7) is 1.83. The number of rotatable bonds is 9. The van der Waals surface area contributed by atoms with Crippen molar-refractivity contribution in [2.24, 2.45) is 0 Å². The van der Waals surface area contributed by atoms with Gasteiger partial charge in [0.05, 0.1) is 27.7 Å². The van der Waals surface area contributed by atoms with Crippen LogP contribution in [0.4, 0.5) is 11.4 Å². The first-order valence-electron chi connectivity index (χ1n) is 9.92. The topological polar surface area (TPSA) is 93.7 Å². The molecule has 1 atom stereocenters. The van der Waals surface area contributed by atoms with Crippen molar-refractivity contribution in [2.45, 2.75) is 24.3 Å². The summed E-state index contributed by atoms with van der Waals surface area (Å²) in [7, 11) is -2.36. The number of sulfonamides is 1. The van der Waals surface area contributed by atoms with Crippen molar-refractivity contribution < 1.29 is 22.7 Å². The molecule has 0 aliphatic heterocycles. The van der Waals surface area contributed by atoms with Gasteiger partial charge in [0.1, 0.15) is 11.5 Å². The number of hydrogen-bond acceptors (Lipinski definition) is 5. The number of anilines is 2. The fourth-order valence-electron chi connectivity index (χ4n) is 2.89. The number of hydrogen-bond donors (Lipinski definition) is 2. The van der Waals surface area contributed by atoms with E-state index in [2.05, 4.69) is 10.0 Å². The van der Waals surface area contributed by atoms with E-state index >= 15 is 0 Å². The second-order valence-corrected chi connectivity index (χ2v) is 9.38. The van der Waals surface area contributed by atoms with Crippen LogP contribution < -0.4 is 19.5 Å². The minimum absolute atomic E-state index is 0.00351. The zero-order chi connectivity index (χ0) is 24.0. The monoisotopic (exact) mass is 508 g/mol. The van der Waals surface area contributed by atoms with Crippen molar-refractivity contribution in [3.63, 3.8) is 0 Å². The van der Waals surface area contributed by atoms with Gasteiger partial charge in [0.25, 0.3) is 15.9 Å². The van der Waals surface area contributed by atoms with Gasteiger partial charge in [-0.2, -0.15) is 0 Å². The van der Waals surface area contributed by atoms with Gasteiger partial charge >= 0.3 is 0 Å². The van der Waals surface area contributed by atoms with Crippen LogP contribution in [0.3, 0.4) is 0 Å². The van der Waals surface area contributed by atoms with E-state index in [1.165, 1.54) is 30.3 Å². The van der Waals surface area contributed by atoms with Crippen LogP contribution in [-0.2, 0) is 14.8 Å². The smallest absolute Gasteiger partial charge is 0.265 e. The molecule has 3 aromatic carbocycles. The lowest BCUT2D eigenvalue weighted by Gasteiger charge is -2.18. The molecule has 174 valence electrons. The van der Waals surface area contributed by atoms with Gasteiger partial charge in [-0.25, -0.2) is 8.42 Å². The molecule has 0 aliphatic rings. The largest absolute Gasteiger partial charge is 0.497 e. The quantitative estimate of drug-likeness (QED) is 0.392. The molecule has 0 saturated heterocycles. The number of benzene rings is 3. The van der Waals surface area contributed by atoms with Crippen molar-refractivity contribution in [3.8, 4) is 11.5 Å². The lowest BCUT2D eigenvalue weighted by Crippen LogP contribution is -2.32. The Balaban J connectivity index is 1.68. The number of halogens is 2. The Morgan fingerprint density at radius 3 is 2.33 bits per heavy atom. The molecule has 0 aromatic heterocycles. The number of methoxy groups -OCH3 is 1. The average Bonchev–Trinajstić information content (AvgIpc) is 2.80. The minimum atomic E-state index is -3.91. The van der Waals surface area contributed by atoms with E-state index in [1.807, 2.05) is 6.92 Å². The molecule has 0 aliphatic carbocycles. The lowest BCUT2D eigenvalue weighted by molar-refractivity contribution is -0.122. The summed E-state index contributed by atoms with van der Waals surface area (Å²) >= 11 is 12.0. The van der Waals surface area contributed by atoms with Gasteiger partial charge < -0.3 is 14.8 Å². The fraction of sp³-hybridized carbons (Fsp3) is 0.174. The number of nitrogens with one attached hydrogen (secondary N) is 2. The zero-order valence-corrected chi connectivity index (χ0v) is 20.2. The van der Waals surface area contributed by atoms with Gasteiger partial charge in [-0.1, -0.05) is 42.3 Å². The van der Waals surface area contributed by atoms with Crippen LogP contribution in [0.15, 0.2) is 71.6 Å². The molecule has 0 heterocycles. The van der Waals surface area contributed by atoms with Crippen LogP contribution >= 0.6 is 23.2 Å². The molecule has 7 nitrogen and oxygen atoms in total. The highest BCUT2D eigenvalue weighted by Crippen LogP contribution is 2.31. The minimum Gasteiger partial charge on any atom is -0.497 e. The summed E-state index contributed by atoms with van der Waals surface area (Å²) in [5.41, 5.74) is 0.592. The van der Waals surface area contributed by atoms with Crippen LogP contribution in [0.1, 0.15) is 13.3 Å². The van der Waals surface area contributed by atoms with Gasteiger partial charge in [-0.05, 0) is 55.0 Å². The molecule has 0 radical (unpaired) electrons. The molecular weight excluding hydrogens is 487 g/mol. The Hall–Kier alpha value is -2.94.